The maximum Gasteiger partial charge on any atom is 0.254 e. The maximum absolute atomic E-state index is 14.6. The Bertz CT molecular complexity index is 1740. The zero-order valence-corrected chi connectivity index (χ0v) is 27.5. The van der Waals surface area contributed by atoms with Crippen LogP contribution in [-0.4, -0.2) is 78.8 Å². The molecule has 3 aromatic carbocycles. The molecule has 1 fully saturated rings. The quantitative estimate of drug-likeness (QED) is 0.267. The number of nitrogens with one attached hydrogen (secondary N) is 2. The standard InChI is InChI=1S/C37H42ClN5O3/c1-24-8-4-5-9-30(24)36(45)42-16-14-26(15-17-42)35(44)40-33(20-28-21-39-32-11-7-6-10-31(28)32)37(46)43-23-25(22-41(2)3)18-27-19-29(38)12-13-34(27)43/h4-13,19,21,25-26,33,39H,14-18,20,22-23H2,1-3H3,(H,40,44)/t25-,33+/m0/s1. The van der Waals surface area contributed by atoms with E-state index in [-0.39, 0.29) is 29.6 Å². The van der Waals surface area contributed by atoms with Crippen molar-refractivity contribution in [1.82, 2.24) is 20.1 Å². The van der Waals surface area contributed by atoms with Gasteiger partial charge in [0, 0.05) is 71.9 Å². The lowest BCUT2D eigenvalue weighted by Crippen LogP contribution is -2.54. The van der Waals surface area contributed by atoms with Gasteiger partial charge in [-0.3, -0.25) is 14.4 Å². The molecule has 1 aromatic heterocycles. The Hall–Kier alpha value is -4.14. The second-order valence-corrected chi connectivity index (χ2v) is 13.5. The number of aromatic amines is 1. The first kappa shape index (κ1) is 31.8. The number of nitrogens with zero attached hydrogens (tertiary/aromatic N) is 3. The SMILES string of the molecule is Cc1ccccc1C(=O)N1CCC(C(=O)N[C@H](Cc2c[nH]c3ccccc23)C(=O)N2C[C@H](CN(C)C)Cc3cc(Cl)ccc32)CC1. The van der Waals surface area contributed by atoms with E-state index in [1.807, 2.05) is 104 Å². The van der Waals surface area contributed by atoms with Crippen LogP contribution >= 0.6 is 11.6 Å². The predicted octanol–water partition coefficient (Wildman–Crippen LogP) is 5.48. The van der Waals surface area contributed by atoms with Crippen molar-refractivity contribution >= 4 is 45.9 Å². The van der Waals surface area contributed by atoms with Crippen LogP contribution in [0.5, 0.6) is 0 Å². The first-order valence-corrected chi connectivity index (χ1v) is 16.5. The largest absolute Gasteiger partial charge is 0.361 e. The van der Waals surface area contributed by atoms with Gasteiger partial charge < -0.3 is 25.0 Å². The predicted molar refractivity (Wildman–Crippen MR) is 183 cm³/mol. The first-order chi connectivity index (χ1) is 22.2. The van der Waals surface area contributed by atoms with Crippen LogP contribution < -0.4 is 10.2 Å². The monoisotopic (exact) mass is 639 g/mol. The highest BCUT2D eigenvalue weighted by Gasteiger charge is 2.36. The van der Waals surface area contributed by atoms with Crippen molar-refractivity contribution in [3.63, 3.8) is 0 Å². The summed E-state index contributed by atoms with van der Waals surface area (Å²) in [6, 6.07) is 20.6. The Morgan fingerprint density at radius 2 is 1.76 bits per heavy atom. The van der Waals surface area contributed by atoms with Crippen LogP contribution in [-0.2, 0) is 22.4 Å². The molecule has 9 heteroatoms. The molecule has 0 saturated carbocycles. The number of hydrogen-bond acceptors (Lipinski definition) is 4. The van der Waals surface area contributed by atoms with E-state index >= 15 is 0 Å². The number of H-pyrrole nitrogens is 1. The number of rotatable bonds is 8. The average Bonchev–Trinajstić information content (AvgIpc) is 3.46. The number of carbonyl (C=O) groups excluding carboxylic acids is 3. The third-order valence-electron chi connectivity index (χ3n) is 9.41. The molecule has 0 bridgehead atoms. The van der Waals surface area contributed by atoms with Crippen molar-refractivity contribution in [1.29, 1.82) is 0 Å². The molecule has 2 N–H and O–H groups in total. The number of aromatic nitrogens is 1. The highest BCUT2D eigenvalue weighted by molar-refractivity contribution is 6.30. The van der Waals surface area contributed by atoms with Gasteiger partial charge in [0.15, 0.2) is 0 Å². The van der Waals surface area contributed by atoms with Crippen molar-refractivity contribution in [2.24, 2.45) is 11.8 Å². The second kappa shape index (κ2) is 13.7. The minimum Gasteiger partial charge on any atom is -0.361 e. The Morgan fingerprint density at radius 1 is 1.02 bits per heavy atom. The van der Waals surface area contributed by atoms with E-state index in [0.29, 0.717) is 49.5 Å². The zero-order chi connectivity index (χ0) is 32.4. The summed E-state index contributed by atoms with van der Waals surface area (Å²) in [7, 11) is 4.08. The second-order valence-electron chi connectivity index (χ2n) is 13.1. The molecule has 0 spiro atoms. The molecule has 2 aliphatic rings. The van der Waals surface area contributed by atoms with Crippen molar-refractivity contribution in [2.75, 3.05) is 45.2 Å². The number of aryl methyl sites for hydroxylation is 1. The number of amides is 3. The molecule has 2 aliphatic heterocycles. The van der Waals surface area contributed by atoms with Gasteiger partial charge in [0.2, 0.25) is 11.8 Å². The summed E-state index contributed by atoms with van der Waals surface area (Å²) in [6.45, 7) is 4.33. The van der Waals surface area contributed by atoms with E-state index < -0.39 is 6.04 Å². The van der Waals surface area contributed by atoms with Crippen LogP contribution in [0.2, 0.25) is 5.02 Å². The number of carbonyl (C=O) groups is 3. The van der Waals surface area contributed by atoms with Gasteiger partial charge in [-0.05, 0) is 93.2 Å². The summed E-state index contributed by atoms with van der Waals surface area (Å²) in [5.74, 6) is -0.324. The lowest BCUT2D eigenvalue weighted by atomic mass is 9.90. The molecule has 3 amide bonds. The summed E-state index contributed by atoms with van der Waals surface area (Å²) in [4.78, 5) is 50.8. The number of para-hydroxylation sites is 1. The smallest absolute Gasteiger partial charge is 0.254 e. The van der Waals surface area contributed by atoms with Gasteiger partial charge in [0.1, 0.15) is 6.04 Å². The highest BCUT2D eigenvalue weighted by Crippen LogP contribution is 2.33. The van der Waals surface area contributed by atoms with Crippen molar-refractivity contribution < 1.29 is 14.4 Å². The number of fused-ring (bicyclic) bond motifs is 2. The van der Waals surface area contributed by atoms with Crippen molar-refractivity contribution in [3.8, 4) is 0 Å². The first-order valence-electron chi connectivity index (χ1n) is 16.1. The third-order valence-corrected chi connectivity index (χ3v) is 9.65. The molecule has 46 heavy (non-hydrogen) atoms. The van der Waals surface area contributed by atoms with Crippen molar-refractivity contribution in [3.05, 3.63) is 100 Å². The normalized spacial score (nSPS) is 17.6. The fourth-order valence-electron chi connectivity index (χ4n) is 7.09. The zero-order valence-electron chi connectivity index (χ0n) is 26.8. The molecule has 1 saturated heterocycles. The Kier molecular flexibility index (Phi) is 9.47. The Labute approximate surface area is 275 Å². The summed E-state index contributed by atoms with van der Waals surface area (Å²) >= 11 is 6.40. The Morgan fingerprint density at radius 3 is 2.52 bits per heavy atom. The minimum absolute atomic E-state index is 0.000457. The van der Waals surface area contributed by atoms with E-state index in [4.69, 9.17) is 11.6 Å². The average molecular weight is 640 g/mol. The third kappa shape index (κ3) is 6.83. The number of anilines is 1. The van der Waals surface area contributed by atoms with Crippen LogP contribution in [0.25, 0.3) is 10.9 Å². The van der Waals surface area contributed by atoms with Gasteiger partial charge in [-0.2, -0.15) is 0 Å². The number of halogens is 1. The number of piperidine rings is 1. The fourth-order valence-corrected chi connectivity index (χ4v) is 7.28. The van der Waals surface area contributed by atoms with E-state index in [0.717, 1.165) is 46.2 Å². The summed E-state index contributed by atoms with van der Waals surface area (Å²) in [5.41, 5.74) is 5.51. The van der Waals surface area contributed by atoms with E-state index in [2.05, 4.69) is 15.2 Å². The molecule has 0 radical (unpaired) electrons. The molecule has 240 valence electrons. The van der Waals surface area contributed by atoms with E-state index in [9.17, 15) is 14.4 Å². The number of hydrogen-bond donors (Lipinski definition) is 2. The summed E-state index contributed by atoms with van der Waals surface area (Å²) in [6.07, 6.45) is 4.22. The topological polar surface area (TPSA) is 88.8 Å². The van der Waals surface area contributed by atoms with Gasteiger partial charge in [-0.15, -0.1) is 0 Å². The van der Waals surface area contributed by atoms with E-state index in [1.54, 1.807) is 0 Å². The summed E-state index contributed by atoms with van der Waals surface area (Å²) < 4.78 is 0. The molecule has 3 heterocycles. The highest BCUT2D eigenvalue weighted by atomic mass is 35.5. The molecule has 4 aromatic rings. The van der Waals surface area contributed by atoms with Crippen LogP contribution in [0.4, 0.5) is 5.69 Å². The van der Waals surface area contributed by atoms with Gasteiger partial charge in [0.25, 0.3) is 5.91 Å². The molecule has 0 unspecified atom stereocenters. The Balaban J connectivity index is 1.23. The van der Waals surface area contributed by atoms with Gasteiger partial charge in [-0.25, -0.2) is 0 Å². The van der Waals surface area contributed by atoms with Crippen LogP contribution in [0.15, 0.2) is 72.9 Å². The van der Waals surface area contributed by atoms with Gasteiger partial charge >= 0.3 is 0 Å². The van der Waals surface area contributed by atoms with Gasteiger partial charge in [0.05, 0.1) is 0 Å². The minimum atomic E-state index is -0.764. The molecular formula is C37H42ClN5O3. The number of likely N-dealkylation sites (tertiary alicyclic amines) is 1. The van der Waals surface area contributed by atoms with Crippen LogP contribution in [0.1, 0.15) is 39.9 Å². The van der Waals surface area contributed by atoms with Crippen LogP contribution in [0.3, 0.4) is 0 Å². The lowest BCUT2D eigenvalue weighted by molar-refractivity contribution is -0.131. The lowest BCUT2D eigenvalue weighted by Gasteiger charge is -2.38. The van der Waals surface area contributed by atoms with Gasteiger partial charge in [-0.1, -0.05) is 48.0 Å². The van der Waals surface area contributed by atoms with Crippen molar-refractivity contribution in [2.45, 2.75) is 38.6 Å². The molecule has 6 rings (SSSR count). The summed E-state index contributed by atoms with van der Waals surface area (Å²) in [5, 5.41) is 4.87. The molecule has 0 aliphatic carbocycles. The molecular weight excluding hydrogens is 598 g/mol. The number of benzene rings is 3. The fraction of sp³-hybridized carbons (Fsp3) is 0.378. The molecule has 8 nitrogen and oxygen atoms in total. The van der Waals surface area contributed by atoms with Crippen LogP contribution in [0, 0.1) is 18.8 Å². The maximum atomic E-state index is 14.6. The van der Waals surface area contributed by atoms with E-state index in [1.165, 1.54) is 0 Å². The molecule has 2 atom stereocenters.